The van der Waals surface area contributed by atoms with Crippen molar-refractivity contribution in [3.8, 4) is 5.75 Å². The molecule has 1 atom stereocenters. The van der Waals surface area contributed by atoms with Crippen LogP contribution in [-0.4, -0.2) is 32.8 Å². The van der Waals surface area contributed by atoms with Crippen molar-refractivity contribution >= 4 is 26.4 Å². The molecule has 2 aromatic carbocycles. The molecule has 0 saturated carbocycles. The third-order valence-electron chi connectivity index (χ3n) is 3.97. The maximum Gasteiger partial charge on any atom is 0.167 e. The fourth-order valence-electron chi connectivity index (χ4n) is 2.89. The summed E-state index contributed by atoms with van der Waals surface area (Å²) in [6.45, 7) is 0. The molecule has 1 fully saturated rings. The molecule has 0 radical (unpaired) electrons. The van der Waals surface area contributed by atoms with Gasteiger partial charge in [0, 0.05) is 16.9 Å². The fraction of sp³-hybridized carbons (Fsp3) is 0.312. The monoisotopic (exact) mass is 304 g/mol. The van der Waals surface area contributed by atoms with E-state index in [4.69, 9.17) is 4.74 Å². The van der Waals surface area contributed by atoms with Crippen LogP contribution in [0, 0.1) is 5.92 Å². The summed E-state index contributed by atoms with van der Waals surface area (Å²) in [4.78, 5) is 12.6. The number of carbonyl (C=O) groups excluding carboxylic acids is 1. The quantitative estimate of drug-likeness (QED) is 0.817. The lowest BCUT2D eigenvalue weighted by atomic mass is 9.93. The number of methoxy groups -OCH3 is 1. The number of hydrogen-bond donors (Lipinski definition) is 0. The van der Waals surface area contributed by atoms with Crippen LogP contribution in [0.1, 0.15) is 16.8 Å². The van der Waals surface area contributed by atoms with Crippen LogP contribution in [0.4, 0.5) is 0 Å². The number of rotatable bonds is 3. The molecule has 3 rings (SSSR count). The van der Waals surface area contributed by atoms with Crippen molar-refractivity contribution in [2.45, 2.75) is 6.42 Å². The first-order valence-electron chi connectivity index (χ1n) is 6.82. The van der Waals surface area contributed by atoms with Crippen LogP contribution in [0.3, 0.4) is 0 Å². The van der Waals surface area contributed by atoms with Crippen LogP contribution in [0.2, 0.25) is 0 Å². The van der Waals surface area contributed by atoms with Crippen LogP contribution < -0.4 is 4.74 Å². The average Bonchev–Trinajstić information content (AvgIpc) is 2.85. The maximum atomic E-state index is 12.6. The highest BCUT2D eigenvalue weighted by Gasteiger charge is 2.34. The third-order valence-corrected chi connectivity index (χ3v) is 5.74. The molecule has 4 nitrogen and oxygen atoms in total. The number of benzene rings is 2. The lowest BCUT2D eigenvalue weighted by Gasteiger charge is -2.12. The van der Waals surface area contributed by atoms with Gasteiger partial charge in [0.2, 0.25) is 0 Å². The molecule has 0 bridgehead atoms. The number of ether oxygens (including phenoxy) is 1. The normalized spacial score (nSPS) is 20.5. The molecule has 0 N–H and O–H groups in total. The van der Waals surface area contributed by atoms with Crippen LogP contribution in [0.5, 0.6) is 5.75 Å². The Labute approximate surface area is 123 Å². The molecule has 1 unspecified atom stereocenters. The van der Waals surface area contributed by atoms with E-state index in [1.807, 2.05) is 24.3 Å². The van der Waals surface area contributed by atoms with Crippen molar-refractivity contribution in [1.82, 2.24) is 0 Å². The molecule has 110 valence electrons. The smallest absolute Gasteiger partial charge is 0.167 e. The van der Waals surface area contributed by atoms with Crippen molar-refractivity contribution < 1.29 is 17.9 Å². The summed E-state index contributed by atoms with van der Waals surface area (Å²) in [7, 11) is -1.47. The van der Waals surface area contributed by atoms with Crippen LogP contribution in [0.15, 0.2) is 36.4 Å². The van der Waals surface area contributed by atoms with Gasteiger partial charge in [0.15, 0.2) is 15.6 Å². The van der Waals surface area contributed by atoms with E-state index in [0.29, 0.717) is 17.7 Å². The SMILES string of the molecule is COc1ccc(C(=O)C2CCS(=O)(=O)C2)c2ccccc12. The molecule has 0 amide bonds. The Kier molecular flexibility index (Phi) is 3.45. The lowest BCUT2D eigenvalue weighted by molar-refractivity contribution is 0.0935. The molecule has 1 saturated heterocycles. The van der Waals surface area contributed by atoms with Gasteiger partial charge in [0.1, 0.15) is 5.75 Å². The van der Waals surface area contributed by atoms with Gasteiger partial charge in [-0.15, -0.1) is 0 Å². The molecule has 1 aliphatic heterocycles. The van der Waals surface area contributed by atoms with E-state index < -0.39 is 15.8 Å². The van der Waals surface area contributed by atoms with Gasteiger partial charge in [0.05, 0.1) is 18.6 Å². The molecule has 0 aliphatic carbocycles. The summed E-state index contributed by atoms with van der Waals surface area (Å²) in [6, 6.07) is 11.0. The first-order chi connectivity index (χ1) is 10.0. The Hall–Kier alpha value is -1.88. The van der Waals surface area contributed by atoms with E-state index in [2.05, 4.69) is 0 Å². The highest BCUT2D eigenvalue weighted by atomic mass is 32.2. The van der Waals surface area contributed by atoms with E-state index in [-0.39, 0.29) is 17.3 Å². The molecular formula is C16H16O4S. The van der Waals surface area contributed by atoms with E-state index in [1.165, 1.54) is 0 Å². The minimum Gasteiger partial charge on any atom is -0.496 e. The van der Waals surface area contributed by atoms with E-state index in [1.54, 1.807) is 19.2 Å². The maximum absolute atomic E-state index is 12.6. The largest absolute Gasteiger partial charge is 0.496 e. The average molecular weight is 304 g/mol. The second-order valence-electron chi connectivity index (χ2n) is 5.33. The van der Waals surface area contributed by atoms with Crippen LogP contribution in [-0.2, 0) is 9.84 Å². The molecule has 0 spiro atoms. The number of ketones is 1. The summed E-state index contributed by atoms with van der Waals surface area (Å²) in [6.07, 6.45) is 0.418. The highest BCUT2D eigenvalue weighted by molar-refractivity contribution is 7.91. The number of Topliss-reactive ketones (excluding diaryl/α,β-unsaturated/α-hetero) is 1. The molecule has 1 heterocycles. The van der Waals surface area contributed by atoms with Crippen molar-refractivity contribution in [2.75, 3.05) is 18.6 Å². The molecule has 21 heavy (non-hydrogen) atoms. The zero-order valence-electron chi connectivity index (χ0n) is 11.7. The van der Waals surface area contributed by atoms with Crippen molar-refractivity contribution in [3.63, 3.8) is 0 Å². The first kappa shape index (κ1) is 14.1. The second kappa shape index (κ2) is 5.15. The number of carbonyl (C=O) groups is 1. The molecular weight excluding hydrogens is 288 g/mol. The van der Waals surface area contributed by atoms with Crippen molar-refractivity contribution in [2.24, 2.45) is 5.92 Å². The first-order valence-corrected chi connectivity index (χ1v) is 8.64. The zero-order valence-corrected chi connectivity index (χ0v) is 12.5. The third kappa shape index (κ3) is 2.53. The summed E-state index contributed by atoms with van der Waals surface area (Å²) in [5.41, 5.74) is 0.577. The zero-order chi connectivity index (χ0) is 15.0. The standard InChI is InChI=1S/C16H16O4S/c1-20-15-7-6-14(12-4-2-3-5-13(12)15)16(17)11-8-9-21(18,19)10-11/h2-7,11H,8-10H2,1H3. The van der Waals surface area contributed by atoms with Crippen molar-refractivity contribution in [3.05, 3.63) is 42.0 Å². The molecule has 2 aromatic rings. The fourth-order valence-corrected chi connectivity index (χ4v) is 4.63. The predicted octanol–water partition coefficient (Wildman–Crippen LogP) is 2.47. The lowest BCUT2D eigenvalue weighted by Crippen LogP contribution is -2.16. The van der Waals surface area contributed by atoms with Crippen molar-refractivity contribution in [1.29, 1.82) is 0 Å². The van der Waals surface area contributed by atoms with E-state index in [0.717, 1.165) is 10.8 Å². The summed E-state index contributed by atoms with van der Waals surface area (Å²) >= 11 is 0. The Balaban J connectivity index is 2.07. The Morgan fingerprint density at radius 3 is 2.48 bits per heavy atom. The van der Waals surface area contributed by atoms with Gasteiger partial charge < -0.3 is 4.74 Å². The van der Waals surface area contributed by atoms with Gasteiger partial charge in [-0.1, -0.05) is 24.3 Å². The summed E-state index contributed by atoms with van der Waals surface area (Å²) in [5, 5.41) is 1.68. The second-order valence-corrected chi connectivity index (χ2v) is 7.55. The molecule has 1 aliphatic rings. The van der Waals surface area contributed by atoms with Gasteiger partial charge in [-0.05, 0) is 23.9 Å². The Morgan fingerprint density at radius 1 is 1.14 bits per heavy atom. The Morgan fingerprint density at radius 2 is 1.86 bits per heavy atom. The Bertz CT molecular complexity index is 808. The van der Waals surface area contributed by atoms with Gasteiger partial charge >= 0.3 is 0 Å². The minimum absolute atomic E-state index is 0.0355. The minimum atomic E-state index is -3.06. The van der Waals surface area contributed by atoms with Crippen LogP contribution in [0.25, 0.3) is 10.8 Å². The van der Waals surface area contributed by atoms with Gasteiger partial charge in [-0.3, -0.25) is 4.79 Å². The summed E-state index contributed by atoms with van der Waals surface area (Å²) in [5.74, 6) is 0.270. The number of hydrogen-bond acceptors (Lipinski definition) is 4. The number of fused-ring (bicyclic) bond motifs is 1. The highest BCUT2D eigenvalue weighted by Crippen LogP contribution is 2.31. The summed E-state index contributed by atoms with van der Waals surface area (Å²) < 4.78 is 28.5. The number of sulfone groups is 1. The topological polar surface area (TPSA) is 60.4 Å². The molecule has 0 aromatic heterocycles. The predicted molar refractivity (Wildman–Crippen MR) is 81.6 cm³/mol. The molecule has 5 heteroatoms. The van der Waals surface area contributed by atoms with E-state index >= 15 is 0 Å². The van der Waals surface area contributed by atoms with Gasteiger partial charge in [0.25, 0.3) is 0 Å². The van der Waals surface area contributed by atoms with E-state index in [9.17, 15) is 13.2 Å². The van der Waals surface area contributed by atoms with Gasteiger partial charge in [-0.2, -0.15) is 0 Å². The van der Waals surface area contributed by atoms with Crippen LogP contribution >= 0.6 is 0 Å². The van der Waals surface area contributed by atoms with Gasteiger partial charge in [-0.25, -0.2) is 8.42 Å².